The average molecular weight is 216 g/mol. The smallest absolute Gasteiger partial charge is 0.338 e. The Hall–Kier alpha value is -2.43. The van der Waals surface area contributed by atoms with Crippen LogP contribution in [0.2, 0.25) is 0 Å². The molecular formula is C11H8N2O3. The predicted molar refractivity (Wildman–Crippen MR) is 56.1 cm³/mol. The van der Waals surface area contributed by atoms with E-state index in [0.29, 0.717) is 11.1 Å². The van der Waals surface area contributed by atoms with E-state index in [1.54, 1.807) is 12.1 Å². The first-order chi connectivity index (χ1) is 7.68. The molecule has 1 heterocycles. The number of benzene rings is 1. The Morgan fingerprint density at radius 1 is 1.19 bits per heavy atom. The van der Waals surface area contributed by atoms with Crippen molar-refractivity contribution in [3.63, 3.8) is 0 Å². The number of aromatic nitrogens is 2. The van der Waals surface area contributed by atoms with Crippen LogP contribution in [0.3, 0.4) is 0 Å². The highest BCUT2D eigenvalue weighted by atomic mass is 16.4. The van der Waals surface area contributed by atoms with Gasteiger partial charge in [-0.1, -0.05) is 12.1 Å². The Morgan fingerprint density at radius 3 is 2.62 bits per heavy atom. The highest BCUT2D eigenvalue weighted by molar-refractivity contribution is 5.95. The van der Waals surface area contributed by atoms with Crippen LogP contribution in [-0.2, 0) is 0 Å². The number of aromatic hydroxyl groups is 1. The normalized spacial score (nSPS) is 10.0. The molecule has 2 rings (SSSR count). The SMILES string of the molecule is O=C(O)c1cnncc1-c1cccc(O)c1. The van der Waals surface area contributed by atoms with Crippen molar-refractivity contribution in [3.8, 4) is 16.9 Å². The molecule has 2 aromatic rings. The summed E-state index contributed by atoms with van der Waals surface area (Å²) in [6.45, 7) is 0. The maximum Gasteiger partial charge on any atom is 0.338 e. The van der Waals surface area contributed by atoms with Gasteiger partial charge in [0.2, 0.25) is 0 Å². The third kappa shape index (κ3) is 1.83. The van der Waals surface area contributed by atoms with Gasteiger partial charge in [0.25, 0.3) is 0 Å². The average Bonchev–Trinajstić information content (AvgIpc) is 2.29. The summed E-state index contributed by atoms with van der Waals surface area (Å²) in [7, 11) is 0. The molecule has 1 aromatic heterocycles. The molecule has 1 aromatic carbocycles. The second-order valence-corrected chi connectivity index (χ2v) is 3.17. The fourth-order valence-corrected chi connectivity index (χ4v) is 1.40. The molecule has 0 aliphatic heterocycles. The van der Waals surface area contributed by atoms with E-state index in [1.807, 2.05) is 0 Å². The van der Waals surface area contributed by atoms with E-state index in [1.165, 1.54) is 24.5 Å². The summed E-state index contributed by atoms with van der Waals surface area (Å²) in [6, 6.07) is 6.32. The van der Waals surface area contributed by atoms with E-state index in [2.05, 4.69) is 10.2 Å². The van der Waals surface area contributed by atoms with Gasteiger partial charge in [-0.2, -0.15) is 10.2 Å². The van der Waals surface area contributed by atoms with E-state index in [-0.39, 0.29) is 11.3 Å². The van der Waals surface area contributed by atoms with Crippen molar-refractivity contribution < 1.29 is 15.0 Å². The van der Waals surface area contributed by atoms with E-state index in [9.17, 15) is 9.90 Å². The number of phenols is 1. The lowest BCUT2D eigenvalue weighted by molar-refractivity contribution is 0.0697. The van der Waals surface area contributed by atoms with Crippen molar-refractivity contribution in [1.29, 1.82) is 0 Å². The van der Waals surface area contributed by atoms with Gasteiger partial charge in [-0.25, -0.2) is 4.79 Å². The van der Waals surface area contributed by atoms with Crippen LogP contribution in [-0.4, -0.2) is 26.4 Å². The number of carbonyl (C=O) groups is 1. The Balaban J connectivity index is 2.60. The second kappa shape index (κ2) is 3.98. The van der Waals surface area contributed by atoms with Crippen molar-refractivity contribution in [2.75, 3.05) is 0 Å². The number of hydrogen-bond donors (Lipinski definition) is 2. The van der Waals surface area contributed by atoms with Crippen LogP contribution in [0.5, 0.6) is 5.75 Å². The lowest BCUT2D eigenvalue weighted by Crippen LogP contribution is -2.01. The number of aromatic carboxylic acids is 1. The maximum atomic E-state index is 10.9. The van der Waals surface area contributed by atoms with Crippen molar-refractivity contribution >= 4 is 5.97 Å². The molecule has 0 amide bonds. The van der Waals surface area contributed by atoms with Gasteiger partial charge in [-0.3, -0.25) is 0 Å². The zero-order valence-electron chi connectivity index (χ0n) is 8.16. The molecule has 0 spiro atoms. The van der Waals surface area contributed by atoms with Gasteiger partial charge >= 0.3 is 5.97 Å². The molecule has 0 fully saturated rings. The summed E-state index contributed by atoms with van der Waals surface area (Å²) in [5.74, 6) is -1.00. The first-order valence-corrected chi connectivity index (χ1v) is 4.52. The Bertz CT molecular complexity index is 540. The minimum absolute atomic E-state index is 0.0561. The lowest BCUT2D eigenvalue weighted by Gasteiger charge is -2.04. The minimum Gasteiger partial charge on any atom is -0.508 e. The molecule has 2 N–H and O–H groups in total. The van der Waals surface area contributed by atoms with Gasteiger partial charge in [0.1, 0.15) is 5.75 Å². The summed E-state index contributed by atoms with van der Waals surface area (Å²) in [6.07, 6.45) is 2.54. The molecule has 0 unspecified atom stereocenters. The number of carboxylic acid groups (broad SMARTS) is 1. The fraction of sp³-hybridized carbons (Fsp3) is 0. The summed E-state index contributed by atoms with van der Waals surface area (Å²) in [4.78, 5) is 10.9. The molecule has 0 aliphatic carbocycles. The maximum absolute atomic E-state index is 10.9. The predicted octanol–water partition coefficient (Wildman–Crippen LogP) is 1.55. The van der Waals surface area contributed by atoms with Crippen molar-refractivity contribution in [2.24, 2.45) is 0 Å². The second-order valence-electron chi connectivity index (χ2n) is 3.17. The van der Waals surface area contributed by atoms with Gasteiger partial charge in [-0.05, 0) is 17.7 Å². The first-order valence-electron chi connectivity index (χ1n) is 4.52. The zero-order chi connectivity index (χ0) is 11.5. The number of phenolic OH excluding ortho intramolecular Hbond substituents is 1. The third-order valence-electron chi connectivity index (χ3n) is 2.12. The molecule has 0 saturated carbocycles. The van der Waals surface area contributed by atoms with Gasteiger partial charge < -0.3 is 10.2 Å². The highest BCUT2D eigenvalue weighted by Crippen LogP contribution is 2.25. The van der Waals surface area contributed by atoms with Crippen molar-refractivity contribution in [1.82, 2.24) is 10.2 Å². The zero-order valence-corrected chi connectivity index (χ0v) is 8.16. The monoisotopic (exact) mass is 216 g/mol. The van der Waals surface area contributed by atoms with Crippen LogP contribution < -0.4 is 0 Å². The number of carboxylic acids is 1. The standard InChI is InChI=1S/C11H8N2O3/c14-8-3-1-2-7(4-8)9-5-12-13-6-10(9)11(15)16/h1-6,14H,(H,15,16). The topological polar surface area (TPSA) is 83.3 Å². The molecule has 0 aliphatic rings. The number of rotatable bonds is 2. The van der Waals surface area contributed by atoms with Crippen LogP contribution in [0.15, 0.2) is 36.7 Å². The van der Waals surface area contributed by atoms with E-state index in [4.69, 9.17) is 5.11 Å². The summed E-state index contributed by atoms with van der Waals surface area (Å²) >= 11 is 0. The summed E-state index contributed by atoms with van der Waals surface area (Å²) < 4.78 is 0. The van der Waals surface area contributed by atoms with E-state index < -0.39 is 5.97 Å². The quantitative estimate of drug-likeness (QED) is 0.795. The summed E-state index contributed by atoms with van der Waals surface area (Å²) in [5.41, 5.74) is 1.08. The van der Waals surface area contributed by atoms with Gasteiger partial charge in [0.15, 0.2) is 0 Å². The van der Waals surface area contributed by atoms with Crippen LogP contribution in [0, 0.1) is 0 Å². The van der Waals surface area contributed by atoms with Crippen LogP contribution in [0.25, 0.3) is 11.1 Å². The lowest BCUT2D eigenvalue weighted by atomic mass is 10.0. The Labute approximate surface area is 91.0 Å². The molecule has 0 saturated heterocycles. The third-order valence-corrected chi connectivity index (χ3v) is 2.12. The molecule has 0 radical (unpaired) electrons. The highest BCUT2D eigenvalue weighted by Gasteiger charge is 2.12. The van der Waals surface area contributed by atoms with Crippen molar-refractivity contribution in [2.45, 2.75) is 0 Å². The molecular weight excluding hydrogens is 208 g/mol. The number of hydrogen-bond acceptors (Lipinski definition) is 4. The van der Waals surface area contributed by atoms with E-state index in [0.717, 1.165) is 0 Å². The van der Waals surface area contributed by atoms with Crippen LogP contribution in [0.4, 0.5) is 0 Å². The van der Waals surface area contributed by atoms with Gasteiger partial charge in [-0.15, -0.1) is 0 Å². The Morgan fingerprint density at radius 2 is 1.94 bits per heavy atom. The van der Waals surface area contributed by atoms with Crippen LogP contribution >= 0.6 is 0 Å². The van der Waals surface area contributed by atoms with Crippen LogP contribution in [0.1, 0.15) is 10.4 Å². The van der Waals surface area contributed by atoms with Crippen molar-refractivity contribution in [3.05, 3.63) is 42.2 Å². The molecule has 5 heteroatoms. The molecule has 0 atom stereocenters. The molecule has 5 nitrogen and oxygen atoms in total. The first kappa shape index (κ1) is 10.1. The van der Waals surface area contributed by atoms with Gasteiger partial charge in [0.05, 0.1) is 18.0 Å². The fourth-order valence-electron chi connectivity index (χ4n) is 1.40. The molecule has 0 bridgehead atoms. The summed E-state index contributed by atoms with van der Waals surface area (Å²) in [5, 5.41) is 25.4. The Kier molecular flexibility index (Phi) is 2.51. The van der Waals surface area contributed by atoms with E-state index >= 15 is 0 Å². The minimum atomic E-state index is -1.08. The number of nitrogens with zero attached hydrogens (tertiary/aromatic N) is 2. The molecule has 16 heavy (non-hydrogen) atoms. The molecule has 80 valence electrons. The largest absolute Gasteiger partial charge is 0.508 e. The van der Waals surface area contributed by atoms with Gasteiger partial charge in [0, 0.05) is 5.56 Å².